The molecule has 2 aromatic rings. The molecule has 10 heteroatoms. The number of furan rings is 1. The normalized spacial score (nSPS) is 18.2. The standard InChI is InChI=1S/C18H15N5O4S/c1-2-28-18-20-17(24)16-12-5-3-4-6-13(12)19-14(22(16)21-18)9-7-11-8-10-15(27-11)23(25)26/h3-10,14H,2H2,1H3,(H,20,21,24)/b9-7+/t14-/m1/s1. The summed E-state index contributed by atoms with van der Waals surface area (Å²) in [5.41, 5.74) is 0.408. The zero-order chi connectivity index (χ0) is 19.7. The number of hydrogen-bond acceptors (Lipinski definition) is 8. The molecular weight excluding hydrogens is 382 g/mol. The third-order valence-electron chi connectivity index (χ3n) is 4.05. The number of amides is 1. The smallest absolute Gasteiger partial charge is 0.401 e. The summed E-state index contributed by atoms with van der Waals surface area (Å²) in [7, 11) is 0. The fraction of sp³-hybridized carbons (Fsp3) is 0.167. The van der Waals surface area contributed by atoms with Crippen molar-refractivity contribution in [2.75, 3.05) is 5.75 Å². The summed E-state index contributed by atoms with van der Waals surface area (Å²) in [6.45, 7) is 1.97. The molecule has 0 radical (unpaired) electrons. The maximum absolute atomic E-state index is 12.7. The third kappa shape index (κ3) is 3.29. The van der Waals surface area contributed by atoms with Crippen molar-refractivity contribution < 1.29 is 14.1 Å². The summed E-state index contributed by atoms with van der Waals surface area (Å²) in [5.74, 6) is 0.484. The number of hydrogen-bond donors (Lipinski definition) is 1. The van der Waals surface area contributed by atoms with Gasteiger partial charge in [-0.3, -0.25) is 25.2 Å². The SMILES string of the molecule is CCSC1=NN2C(=c3ccccc3=N[C@H]2/C=C/c2ccc([N+](=O)[O-])o2)C(=O)N1. The van der Waals surface area contributed by atoms with Crippen LogP contribution in [0.15, 0.2) is 57.0 Å². The van der Waals surface area contributed by atoms with Crippen LogP contribution in [0.1, 0.15) is 12.7 Å². The highest BCUT2D eigenvalue weighted by atomic mass is 32.2. The first-order chi connectivity index (χ1) is 13.6. The summed E-state index contributed by atoms with van der Waals surface area (Å²) in [5, 5.41) is 21.5. The zero-order valence-corrected chi connectivity index (χ0v) is 15.5. The lowest BCUT2D eigenvalue weighted by Gasteiger charge is -2.32. The molecule has 1 aromatic heterocycles. The van der Waals surface area contributed by atoms with E-state index in [9.17, 15) is 14.9 Å². The van der Waals surface area contributed by atoms with Crippen LogP contribution in [0, 0.1) is 10.1 Å². The van der Waals surface area contributed by atoms with Gasteiger partial charge in [-0.2, -0.15) is 0 Å². The average molecular weight is 397 g/mol. The van der Waals surface area contributed by atoms with E-state index in [0.717, 1.165) is 5.75 Å². The van der Waals surface area contributed by atoms with Crippen LogP contribution in [-0.2, 0) is 4.79 Å². The summed E-state index contributed by atoms with van der Waals surface area (Å²) < 4.78 is 5.15. The third-order valence-corrected chi connectivity index (χ3v) is 4.80. The van der Waals surface area contributed by atoms with Crippen LogP contribution in [0.2, 0.25) is 0 Å². The summed E-state index contributed by atoms with van der Waals surface area (Å²) in [4.78, 5) is 27.6. The molecule has 0 bridgehead atoms. The zero-order valence-electron chi connectivity index (χ0n) is 14.7. The van der Waals surface area contributed by atoms with Gasteiger partial charge in [-0.25, -0.2) is 5.01 Å². The van der Waals surface area contributed by atoms with Gasteiger partial charge in [0, 0.05) is 5.22 Å². The number of thioether (sulfide) groups is 1. The minimum atomic E-state index is -0.599. The predicted molar refractivity (Wildman–Crippen MR) is 104 cm³/mol. The van der Waals surface area contributed by atoms with Crippen LogP contribution in [-0.4, -0.2) is 32.9 Å². The van der Waals surface area contributed by atoms with E-state index < -0.39 is 11.1 Å². The van der Waals surface area contributed by atoms with E-state index in [0.29, 0.717) is 27.2 Å². The maximum Gasteiger partial charge on any atom is 0.433 e. The number of fused-ring (bicyclic) bond motifs is 2. The largest absolute Gasteiger partial charge is 0.433 e. The number of para-hydroxylation sites is 1. The molecule has 9 nitrogen and oxygen atoms in total. The number of hydrazone groups is 1. The number of amidine groups is 1. The lowest BCUT2D eigenvalue weighted by Crippen LogP contribution is -2.52. The first-order valence-electron chi connectivity index (χ1n) is 8.48. The molecule has 0 fully saturated rings. The van der Waals surface area contributed by atoms with E-state index in [1.54, 1.807) is 17.2 Å². The second-order valence-electron chi connectivity index (χ2n) is 5.84. The Morgan fingerprint density at radius 1 is 1.36 bits per heavy atom. The van der Waals surface area contributed by atoms with Crippen molar-refractivity contribution in [1.82, 2.24) is 10.3 Å². The maximum atomic E-state index is 12.7. The summed E-state index contributed by atoms with van der Waals surface area (Å²) in [6.07, 6.45) is 2.68. The molecule has 0 saturated carbocycles. The van der Waals surface area contributed by atoms with Crippen molar-refractivity contribution in [2.45, 2.75) is 13.1 Å². The highest BCUT2D eigenvalue weighted by molar-refractivity contribution is 8.13. The molecule has 0 aliphatic carbocycles. The number of benzene rings is 1. The van der Waals surface area contributed by atoms with Crippen LogP contribution in [0.25, 0.3) is 11.8 Å². The molecule has 0 saturated heterocycles. The molecular formula is C18H15N5O4S. The van der Waals surface area contributed by atoms with Gasteiger partial charge in [-0.1, -0.05) is 36.9 Å². The van der Waals surface area contributed by atoms with Gasteiger partial charge in [0.2, 0.25) is 0 Å². The number of nitrogens with zero attached hydrogens (tertiary/aromatic N) is 4. The highest BCUT2D eigenvalue weighted by Crippen LogP contribution is 2.23. The average Bonchev–Trinajstić information content (AvgIpc) is 3.15. The van der Waals surface area contributed by atoms with E-state index in [1.807, 2.05) is 31.2 Å². The predicted octanol–water partition coefficient (Wildman–Crippen LogP) is 1.42. The van der Waals surface area contributed by atoms with Crippen molar-refractivity contribution in [1.29, 1.82) is 0 Å². The molecule has 1 atom stereocenters. The highest BCUT2D eigenvalue weighted by Gasteiger charge is 2.32. The second-order valence-corrected chi connectivity index (χ2v) is 7.09. The van der Waals surface area contributed by atoms with E-state index in [1.165, 1.54) is 23.9 Å². The molecule has 28 heavy (non-hydrogen) atoms. The topological polar surface area (TPSA) is 113 Å². The van der Waals surface area contributed by atoms with E-state index in [-0.39, 0.29) is 11.8 Å². The van der Waals surface area contributed by atoms with Crippen LogP contribution in [0.4, 0.5) is 5.88 Å². The molecule has 2 aliphatic heterocycles. The Labute approximate surface area is 163 Å². The summed E-state index contributed by atoms with van der Waals surface area (Å²) in [6, 6.07) is 10.1. The van der Waals surface area contributed by atoms with Gasteiger partial charge in [-0.05, 0) is 30.0 Å². The van der Waals surface area contributed by atoms with Gasteiger partial charge in [0.15, 0.2) is 11.3 Å². The fourth-order valence-electron chi connectivity index (χ4n) is 2.89. The first kappa shape index (κ1) is 18.0. The quantitative estimate of drug-likeness (QED) is 0.617. The van der Waals surface area contributed by atoms with E-state index in [2.05, 4.69) is 15.4 Å². The molecule has 2 aliphatic rings. The minimum absolute atomic E-state index is 0.250. The Balaban J connectivity index is 1.77. The molecule has 1 aromatic carbocycles. The molecule has 142 valence electrons. The Bertz CT molecular complexity index is 1140. The van der Waals surface area contributed by atoms with Crippen molar-refractivity contribution >= 4 is 40.5 Å². The Kier molecular flexibility index (Phi) is 4.70. The second kappa shape index (κ2) is 7.31. The molecule has 0 spiro atoms. The van der Waals surface area contributed by atoms with Gasteiger partial charge in [0.05, 0.1) is 11.4 Å². The minimum Gasteiger partial charge on any atom is -0.401 e. The van der Waals surface area contributed by atoms with Gasteiger partial charge in [0.25, 0.3) is 5.91 Å². The first-order valence-corrected chi connectivity index (χ1v) is 9.47. The Hall–Kier alpha value is -3.40. The lowest BCUT2D eigenvalue weighted by atomic mass is 10.1. The lowest BCUT2D eigenvalue weighted by molar-refractivity contribution is -0.402. The molecule has 4 rings (SSSR count). The van der Waals surface area contributed by atoms with Crippen LogP contribution < -0.4 is 15.9 Å². The molecule has 1 amide bonds. The van der Waals surface area contributed by atoms with Crippen LogP contribution >= 0.6 is 11.8 Å². The fourth-order valence-corrected chi connectivity index (χ4v) is 3.48. The van der Waals surface area contributed by atoms with Crippen molar-refractivity contribution in [3.8, 4) is 0 Å². The number of nitro groups is 1. The van der Waals surface area contributed by atoms with Gasteiger partial charge in [-0.15, -0.1) is 5.10 Å². The Morgan fingerprint density at radius 2 is 2.18 bits per heavy atom. The van der Waals surface area contributed by atoms with Gasteiger partial charge in [0.1, 0.15) is 16.4 Å². The van der Waals surface area contributed by atoms with Crippen LogP contribution in [0.5, 0.6) is 0 Å². The Morgan fingerprint density at radius 3 is 2.93 bits per heavy atom. The number of carbonyl (C=O) groups is 1. The molecule has 3 heterocycles. The van der Waals surface area contributed by atoms with Crippen molar-refractivity contribution in [2.24, 2.45) is 10.1 Å². The molecule has 1 N–H and O–H groups in total. The number of rotatable bonds is 4. The summed E-state index contributed by atoms with van der Waals surface area (Å²) >= 11 is 1.42. The van der Waals surface area contributed by atoms with Crippen molar-refractivity contribution in [3.05, 3.63) is 68.9 Å². The van der Waals surface area contributed by atoms with Gasteiger partial charge < -0.3 is 4.42 Å². The van der Waals surface area contributed by atoms with E-state index in [4.69, 9.17) is 4.42 Å². The van der Waals surface area contributed by atoms with Crippen molar-refractivity contribution in [3.63, 3.8) is 0 Å². The van der Waals surface area contributed by atoms with E-state index >= 15 is 0 Å². The molecule has 0 unspecified atom stereocenters. The monoisotopic (exact) mass is 397 g/mol. The van der Waals surface area contributed by atoms with Gasteiger partial charge >= 0.3 is 5.88 Å². The van der Waals surface area contributed by atoms with Crippen LogP contribution in [0.3, 0.4) is 0 Å². The number of nitrogens with one attached hydrogen (secondary N) is 1. The number of carbonyl (C=O) groups excluding carboxylic acids is 1.